The van der Waals surface area contributed by atoms with E-state index < -0.39 is 0 Å². The van der Waals surface area contributed by atoms with Crippen molar-refractivity contribution in [3.8, 4) is 0 Å². The van der Waals surface area contributed by atoms with Crippen LogP contribution in [0.1, 0.15) is 12.0 Å². The van der Waals surface area contributed by atoms with Crippen LogP contribution in [0.4, 0.5) is 0 Å². The quantitative estimate of drug-likeness (QED) is 0.601. The van der Waals surface area contributed by atoms with Crippen LogP contribution in [0.3, 0.4) is 0 Å². The van der Waals surface area contributed by atoms with E-state index in [-0.39, 0.29) is 0 Å². The molecule has 1 rings (SSSR count). The molecule has 48 valence electrons. The first kappa shape index (κ1) is 6.08. The summed E-state index contributed by atoms with van der Waals surface area (Å²) in [6.07, 6.45) is 6.18. The topological polar surface area (TPSA) is 32.9 Å². The first-order chi connectivity index (χ1) is 4.43. The maximum Gasteiger partial charge on any atom is 0.120 e. The Labute approximate surface area is 53.9 Å². The lowest BCUT2D eigenvalue weighted by Crippen LogP contribution is -1.80. The Morgan fingerprint density at radius 1 is 1.67 bits per heavy atom. The fourth-order valence-corrected chi connectivity index (χ4v) is 0.740. The number of aromatic amines is 1. The zero-order valence-electron chi connectivity index (χ0n) is 5.13. The summed E-state index contributed by atoms with van der Waals surface area (Å²) in [7, 11) is 0. The van der Waals surface area contributed by atoms with Gasteiger partial charge < -0.3 is 9.78 Å². The first-order valence-electron chi connectivity index (χ1n) is 2.99. The molecule has 0 atom stereocenters. The molecule has 0 aliphatic heterocycles. The van der Waals surface area contributed by atoms with Crippen molar-refractivity contribution in [2.24, 2.45) is 0 Å². The van der Waals surface area contributed by atoms with E-state index in [9.17, 15) is 4.79 Å². The number of aryl methyl sites for hydroxylation is 1. The summed E-state index contributed by atoms with van der Waals surface area (Å²) >= 11 is 0. The highest BCUT2D eigenvalue weighted by atomic mass is 16.1. The lowest BCUT2D eigenvalue weighted by molar-refractivity contribution is -0.107. The molecule has 0 spiro atoms. The van der Waals surface area contributed by atoms with Crippen LogP contribution in [0.25, 0.3) is 0 Å². The van der Waals surface area contributed by atoms with E-state index in [2.05, 4.69) is 4.98 Å². The number of carbonyl (C=O) groups excluding carboxylic acids is 1. The van der Waals surface area contributed by atoms with E-state index in [0.717, 1.165) is 12.7 Å². The lowest BCUT2D eigenvalue weighted by atomic mass is 10.2. The average Bonchev–Trinajstić information content (AvgIpc) is 2.34. The summed E-state index contributed by atoms with van der Waals surface area (Å²) in [4.78, 5) is 12.8. The van der Waals surface area contributed by atoms with Crippen LogP contribution in [0, 0.1) is 0 Å². The molecule has 0 aliphatic rings. The van der Waals surface area contributed by atoms with E-state index in [4.69, 9.17) is 0 Å². The van der Waals surface area contributed by atoms with Gasteiger partial charge in [0.1, 0.15) is 6.29 Å². The van der Waals surface area contributed by atoms with E-state index in [1.165, 1.54) is 5.56 Å². The third-order valence-corrected chi connectivity index (χ3v) is 1.21. The molecule has 0 amide bonds. The van der Waals surface area contributed by atoms with Gasteiger partial charge in [-0.15, -0.1) is 0 Å². The van der Waals surface area contributed by atoms with Gasteiger partial charge in [0, 0.05) is 18.8 Å². The highest BCUT2D eigenvalue weighted by Gasteiger charge is 1.88. The molecule has 9 heavy (non-hydrogen) atoms. The van der Waals surface area contributed by atoms with E-state index in [1.807, 2.05) is 18.5 Å². The SMILES string of the molecule is O=CCCc1cc[nH]c1. The van der Waals surface area contributed by atoms with Crippen LogP contribution in [-0.2, 0) is 11.2 Å². The molecule has 1 aromatic rings. The van der Waals surface area contributed by atoms with Crippen LogP contribution in [0.15, 0.2) is 18.5 Å². The predicted octanol–water partition coefficient (Wildman–Crippen LogP) is 1.15. The van der Waals surface area contributed by atoms with Crippen molar-refractivity contribution in [1.29, 1.82) is 0 Å². The second kappa shape index (κ2) is 3.07. The Hall–Kier alpha value is -1.05. The summed E-state index contributed by atoms with van der Waals surface area (Å²) in [5.41, 5.74) is 1.20. The number of hydrogen-bond acceptors (Lipinski definition) is 1. The predicted molar refractivity (Wildman–Crippen MR) is 35.2 cm³/mol. The third-order valence-electron chi connectivity index (χ3n) is 1.21. The Bertz CT molecular complexity index is 167. The van der Waals surface area contributed by atoms with E-state index in [1.54, 1.807) is 0 Å². The highest BCUT2D eigenvalue weighted by Crippen LogP contribution is 1.98. The molecule has 1 N–H and O–H groups in total. The van der Waals surface area contributed by atoms with Gasteiger partial charge in [-0.25, -0.2) is 0 Å². The molecule has 0 unspecified atom stereocenters. The molecule has 1 heterocycles. The Kier molecular flexibility index (Phi) is 2.07. The van der Waals surface area contributed by atoms with Gasteiger partial charge in [-0.2, -0.15) is 0 Å². The van der Waals surface area contributed by atoms with E-state index >= 15 is 0 Å². The first-order valence-corrected chi connectivity index (χ1v) is 2.99. The van der Waals surface area contributed by atoms with Crippen molar-refractivity contribution in [1.82, 2.24) is 4.98 Å². The monoisotopic (exact) mass is 123 g/mol. The lowest BCUT2D eigenvalue weighted by Gasteiger charge is -1.85. The number of nitrogens with one attached hydrogen (secondary N) is 1. The number of rotatable bonds is 3. The summed E-state index contributed by atoms with van der Waals surface area (Å²) in [5.74, 6) is 0. The molecule has 0 fully saturated rings. The number of carbonyl (C=O) groups is 1. The van der Waals surface area contributed by atoms with Crippen molar-refractivity contribution in [3.05, 3.63) is 24.0 Å². The van der Waals surface area contributed by atoms with Crippen molar-refractivity contribution in [2.45, 2.75) is 12.8 Å². The smallest absolute Gasteiger partial charge is 0.120 e. The number of hydrogen-bond donors (Lipinski definition) is 1. The van der Waals surface area contributed by atoms with Crippen molar-refractivity contribution in [3.63, 3.8) is 0 Å². The van der Waals surface area contributed by atoms with Gasteiger partial charge in [0.2, 0.25) is 0 Å². The second-order valence-electron chi connectivity index (χ2n) is 1.92. The van der Waals surface area contributed by atoms with Gasteiger partial charge >= 0.3 is 0 Å². The normalized spacial score (nSPS) is 9.33. The summed E-state index contributed by atoms with van der Waals surface area (Å²) in [6.45, 7) is 0. The van der Waals surface area contributed by atoms with Crippen LogP contribution in [0.5, 0.6) is 0 Å². The zero-order chi connectivity index (χ0) is 6.53. The maximum absolute atomic E-state index is 9.89. The Morgan fingerprint density at radius 2 is 2.56 bits per heavy atom. The minimum atomic E-state index is 0.623. The molecule has 0 saturated heterocycles. The van der Waals surface area contributed by atoms with Crippen molar-refractivity contribution >= 4 is 6.29 Å². The molecule has 0 aromatic carbocycles. The van der Waals surface area contributed by atoms with Gasteiger partial charge in [0.25, 0.3) is 0 Å². The molecule has 0 bridgehead atoms. The number of aldehydes is 1. The van der Waals surface area contributed by atoms with Crippen LogP contribution < -0.4 is 0 Å². The fourth-order valence-electron chi connectivity index (χ4n) is 0.740. The Balaban J connectivity index is 2.38. The van der Waals surface area contributed by atoms with Crippen LogP contribution in [-0.4, -0.2) is 11.3 Å². The molecule has 2 heteroatoms. The molecule has 0 saturated carbocycles. The highest BCUT2D eigenvalue weighted by molar-refractivity contribution is 5.49. The number of aromatic nitrogens is 1. The molecular weight excluding hydrogens is 114 g/mol. The zero-order valence-corrected chi connectivity index (χ0v) is 5.13. The molecule has 0 aliphatic carbocycles. The average molecular weight is 123 g/mol. The van der Waals surface area contributed by atoms with Gasteiger partial charge in [-0.3, -0.25) is 0 Å². The van der Waals surface area contributed by atoms with Crippen LogP contribution >= 0.6 is 0 Å². The summed E-state index contributed by atoms with van der Waals surface area (Å²) in [6, 6.07) is 1.98. The fraction of sp³-hybridized carbons (Fsp3) is 0.286. The minimum Gasteiger partial charge on any atom is -0.367 e. The standard InChI is InChI=1S/C7H9NO/c9-5-1-2-7-3-4-8-6-7/h3-6,8H,1-2H2. The van der Waals surface area contributed by atoms with Crippen molar-refractivity contribution in [2.75, 3.05) is 0 Å². The van der Waals surface area contributed by atoms with Gasteiger partial charge in [-0.05, 0) is 18.1 Å². The third kappa shape index (κ3) is 1.72. The van der Waals surface area contributed by atoms with Crippen molar-refractivity contribution < 1.29 is 4.79 Å². The second-order valence-corrected chi connectivity index (χ2v) is 1.92. The summed E-state index contributed by atoms with van der Waals surface area (Å²) < 4.78 is 0. The maximum atomic E-state index is 9.89. The number of H-pyrrole nitrogens is 1. The molecule has 2 nitrogen and oxygen atoms in total. The molecule has 1 aromatic heterocycles. The van der Waals surface area contributed by atoms with Gasteiger partial charge in [0.15, 0.2) is 0 Å². The van der Waals surface area contributed by atoms with E-state index in [0.29, 0.717) is 6.42 Å². The van der Waals surface area contributed by atoms with Gasteiger partial charge in [0.05, 0.1) is 0 Å². The largest absolute Gasteiger partial charge is 0.367 e. The van der Waals surface area contributed by atoms with Gasteiger partial charge in [-0.1, -0.05) is 0 Å². The Morgan fingerprint density at radius 3 is 3.11 bits per heavy atom. The van der Waals surface area contributed by atoms with Crippen LogP contribution in [0.2, 0.25) is 0 Å². The minimum absolute atomic E-state index is 0.623. The molecule has 0 radical (unpaired) electrons. The molecular formula is C7H9NO. The summed E-state index contributed by atoms with van der Waals surface area (Å²) in [5, 5.41) is 0.